The Hall–Kier alpha value is -1.38. The molecule has 92 valence electrons. The molecule has 0 saturated heterocycles. The van der Waals surface area contributed by atoms with E-state index >= 15 is 0 Å². The molecule has 0 unspecified atom stereocenters. The quantitative estimate of drug-likeness (QED) is 0.360. The van der Waals surface area contributed by atoms with Crippen molar-refractivity contribution in [3.63, 3.8) is 0 Å². The van der Waals surface area contributed by atoms with Crippen molar-refractivity contribution in [1.29, 1.82) is 0 Å². The predicted octanol–water partition coefficient (Wildman–Crippen LogP) is 2.38. The van der Waals surface area contributed by atoms with Gasteiger partial charge in [0.2, 0.25) is 5.75 Å². The third-order valence-electron chi connectivity index (χ3n) is 1.93. The van der Waals surface area contributed by atoms with Gasteiger partial charge in [-0.25, -0.2) is 4.79 Å². The highest BCUT2D eigenvalue weighted by Gasteiger charge is 2.24. The Morgan fingerprint density at radius 3 is 2.65 bits per heavy atom. The van der Waals surface area contributed by atoms with Gasteiger partial charge in [0.15, 0.2) is 0 Å². The van der Waals surface area contributed by atoms with Crippen LogP contribution in [-0.4, -0.2) is 24.6 Å². The molecule has 0 aliphatic carbocycles. The molecule has 6 nitrogen and oxygen atoms in total. The molecule has 0 fully saturated rings. The maximum absolute atomic E-state index is 11.6. The Labute approximate surface area is 111 Å². The Bertz CT molecular complexity index is 460. The summed E-state index contributed by atoms with van der Waals surface area (Å²) >= 11 is 1.89. The number of methoxy groups -OCH3 is 1. The molecular formula is C10H10INO5. The summed E-state index contributed by atoms with van der Waals surface area (Å²) in [6.07, 6.45) is 0. The summed E-state index contributed by atoms with van der Waals surface area (Å²) in [5.74, 6) is -0.708. The summed E-state index contributed by atoms with van der Waals surface area (Å²) < 4.78 is 10.3. The van der Waals surface area contributed by atoms with Gasteiger partial charge in [0.05, 0.1) is 18.6 Å². The number of hydrogen-bond acceptors (Lipinski definition) is 5. The van der Waals surface area contributed by atoms with Gasteiger partial charge in [0.1, 0.15) is 5.56 Å². The van der Waals surface area contributed by atoms with Crippen LogP contribution in [0.2, 0.25) is 0 Å². The number of nitro benzene ring substituents is 1. The lowest BCUT2D eigenvalue weighted by atomic mass is 10.1. The third-order valence-corrected chi connectivity index (χ3v) is 2.55. The number of ether oxygens (including phenoxy) is 2. The molecule has 0 saturated carbocycles. The first-order valence-corrected chi connectivity index (χ1v) is 5.78. The lowest BCUT2D eigenvalue weighted by molar-refractivity contribution is -0.385. The summed E-state index contributed by atoms with van der Waals surface area (Å²) in [6.45, 7) is 1.86. The topological polar surface area (TPSA) is 78.7 Å². The molecule has 0 aliphatic rings. The molecule has 17 heavy (non-hydrogen) atoms. The van der Waals surface area contributed by atoms with Crippen LogP contribution in [0.1, 0.15) is 17.3 Å². The number of carbonyl (C=O) groups is 1. The second kappa shape index (κ2) is 5.80. The van der Waals surface area contributed by atoms with Crippen molar-refractivity contribution in [3.05, 3.63) is 31.4 Å². The van der Waals surface area contributed by atoms with Gasteiger partial charge in [-0.1, -0.05) is 0 Å². The fourth-order valence-electron chi connectivity index (χ4n) is 1.29. The van der Waals surface area contributed by atoms with Gasteiger partial charge in [0.25, 0.3) is 0 Å². The van der Waals surface area contributed by atoms with E-state index in [1.54, 1.807) is 6.92 Å². The van der Waals surface area contributed by atoms with Gasteiger partial charge in [-0.3, -0.25) is 10.1 Å². The van der Waals surface area contributed by atoms with E-state index in [2.05, 4.69) is 0 Å². The number of carbonyl (C=O) groups excluding carboxylic acids is 1. The summed E-state index contributed by atoms with van der Waals surface area (Å²) in [5, 5.41) is 10.8. The first-order chi connectivity index (χ1) is 8.01. The number of hydrogen-bond donors (Lipinski definition) is 0. The summed E-state index contributed by atoms with van der Waals surface area (Å²) in [7, 11) is 1.28. The molecule has 1 aromatic rings. The standard InChI is InChI=1S/C10H10INO5/c1-3-17-10(13)7-4-6(11)5-8(12(14)15)9(7)16-2/h4-5H,3H2,1-2H3. The number of benzene rings is 1. The minimum atomic E-state index is -0.633. The van der Waals surface area contributed by atoms with E-state index in [4.69, 9.17) is 9.47 Å². The molecule has 0 atom stereocenters. The van der Waals surface area contributed by atoms with Gasteiger partial charge < -0.3 is 9.47 Å². The van der Waals surface area contributed by atoms with Crippen LogP contribution in [0, 0.1) is 13.7 Å². The zero-order valence-electron chi connectivity index (χ0n) is 9.23. The molecule has 0 N–H and O–H groups in total. The van der Waals surface area contributed by atoms with Crippen LogP contribution in [0.25, 0.3) is 0 Å². The summed E-state index contributed by atoms with van der Waals surface area (Å²) in [6, 6.07) is 2.83. The van der Waals surface area contributed by atoms with E-state index in [0.29, 0.717) is 3.57 Å². The maximum Gasteiger partial charge on any atom is 0.342 e. The summed E-state index contributed by atoms with van der Waals surface area (Å²) in [5.41, 5.74) is -0.185. The number of nitro groups is 1. The largest absolute Gasteiger partial charge is 0.490 e. The second-order valence-electron chi connectivity index (χ2n) is 2.98. The van der Waals surface area contributed by atoms with Crippen molar-refractivity contribution in [3.8, 4) is 5.75 Å². The number of halogens is 1. The van der Waals surface area contributed by atoms with Gasteiger partial charge in [-0.2, -0.15) is 0 Å². The van der Waals surface area contributed by atoms with Crippen molar-refractivity contribution in [2.45, 2.75) is 6.92 Å². The molecule has 1 aromatic carbocycles. The van der Waals surface area contributed by atoms with E-state index in [-0.39, 0.29) is 23.6 Å². The van der Waals surface area contributed by atoms with Crippen LogP contribution < -0.4 is 4.74 Å². The smallest absolute Gasteiger partial charge is 0.342 e. The van der Waals surface area contributed by atoms with E-state index in [1.165, 1.54) is 19.2 Å². The Morgan fingerprint density at radius 2 is 2.18 bits per heavy atom. The Kier molecular flexibility index (Phi) is 4.67. The normalized spacial score (nSPS) is 9.82. The third kappa shape index (κ3) is 3.05. The van der Waals surface area contributed by atoms with Crippen LogP contribution in [0.15, 0.2) is 12.1 Å². The molecule has 0 spiro atoms. The van der Waals surface area contributed by atoms with Crippen molar-refractivity contribution in [1.82, 2.24) is 0 Å². The maximum atomic E-state index is 11.6. The van der Waals surface area contributed by atoms with Gasteiger partial charge >= 0.3 is 11.7 Å². The molecule has 0 radical (unpaired) electrons. The van der Waals surface area contributed by atoms with Crippen molar-refractivity contribution >= 4 is 34.2 Å². The molecule has 0 bridgehead atoms. The van der Waals surface area contributed by atoms with Gasteiger partial charge in [-0.05, 0) is 35.6 Å². The Morgan fingerprint density at radius 1 is 1.53 bits per heavy atom. The van der Waals surface area contributed by atoms with Crippen molar-refractivity contribution in [2.75, 3.05) is 13.7 Å². The highest BCUT2D eigenvalue weighted by atomic mass is 127. The molecular weight excluding hydrogens is 341 g/mol. The lowest BCUT2D eigenvalue weighted by Gasteiger charge is -2.08. The monoisotopic (exact) mass is 351 g/mol. The minimum absolute atomic E-state index is 0.0629. The first kappa shape index (κ1) is 13.7. The zero-order valence-corrected chi connectivity index (χ0v) is 11.4. The van der Waals surface area contributed by atoms with Crippen LogP contribution in [0.4, 0.5) is 5.69 Å². The van der Waals surface area contributed by atoms with Crippen LogP contribution in [-0.2, 0) is 4.74 Å². The predicted molar refractivity (Wildman–Crippen MR) is 68.3 cm³/mol. The second-order valence-corrected chi connectivity index (χ2v) is 4.23. The minimum Gasteiger partial charge on any atom is -0.490 e. The highest BCUT2D eigenvalue weighted by molar-refractivity contribution is 14.1. The average molecular weight is 351 g/mol. The molecule has 0 aliphatic heterocycles. The van der Waals surface area contributed by atoms with E-state index in [0.717, 1.165) is 0 Å². The lowest BCUT2D eigenvalue weighted by Crippen LogP contribution is -2.08. The number of esters is 1. The van der Waals surface area contributed by atoms with Gasteiger partial charge in [-0.15, -0.1) is 0 Å². The fourth-order valence-corrected chi connectivity index (χ4v) is 1.90. The molecule has 0 amide bonds. The average Bonchev–Trinajstić information content (AvgIpc) is 2.28. The molecule has 1 rings (SSSR count). The van der Waals surface area contributed by atoms with Crippen molar-refractivity contribution < 1.29 is 19.2 Å². The highest BCUT2D eigenvalue weighted by Crippen LogP contribution is 2.33. The fraction of sp³-hybridized carbons (Fsp3) is 0.300. The zero-order chi connectivity index (χ0) is 13.0. The van der Waals surface area contributed by atoms with E-state index in [9.17, 15) is 14.9 Å². The molecule has 0 heterocycles. The summed E-state index contributed by atoms with van der Waals surface area (Å²) in [4.78, 5) is 21.9. The first-order valence-electron chi connectivity index (χ1n) is 4.70. The SMILES string of the molecule is CCOC(=O)c1cc(I)cc([N+](=O)[O-])c1OC. The number of rotatable bonds is 4. The molecule has 7 heteroatoms. The van der Waals surface area contributed by atoms with E-state index < -0.39 is 10.9 Å². The van der Waals surface area contributed by atoms with Crippen LogP contribution >= 0.6 is 22.6 Å². The van der Waals surface area contributed by atoms with E-state index in [1.807, 2.05) is 22.6 Å². The van der Waals surface area contributed by atoms with Gasteiger partial charge in [0, 0.05) is 9.64 Å². The van der Waals surface area contributed by atoms with Crippen LogP contribution in [0.5, 0.6) is 5.75 Å². The Balaban J connectivity index is 3.37. The number of nitrogens with zero attached hydrogens (tertiary/aromatic N) is 1. The van der Waals surface area contributed by atoms with Crippen LogP contribution in [0.3, 0.4) is 0 Å². The van der Waals surface area contributed by atoms with Crippen molar-refractivity contribution in [2.24, 2.45) is 0 Å². The molecule has 0 aromatic heterocycles.